The van der Waals surface area contributed by atoms with Crippen molar-refractivity contribution in [2.45, 2.75) is 51.0 Å². The molecule has 2 heterocycles. The van der Waals surface area contributed by atoms with Gasteiger partial charge in [-0.1, -0.05) is 37.3 Å². The van der Waals surface area contributed by atoms with Crippen LogP contribution in [0.2, 0.25) is 0 Å². The second-order valence-electron chi connectivity index (χ2n) is 8.94. The number of nitrogens with zero attached hydrogens (tertiary/aromatic N) is 1. The zero-order valence-electron chi connectivity index (χ0n) is 18.3. The first-order valence-electron chi connectivity index (χ1n) is 11.6. The number of aliphatic hydroxyl groups is 1. The van der Waals surface area contributed by atoms with Crippen LogP contribution in [-0.4, -0.2) is 60.7 Å². The maximum absolute atomic E-state index is 13.1. The molecule has 1 N–H and O–H groups in total. The van der Waals surface area contributed by atoms with E-state index in [1.165, 1.54) is 0 Å². The van der Waals surface area contributed by atoms with Gasteiger partial charge in [-0.15, -0.1) is 0 Å². The zero-order chi connectivity index (χ0) is 21.8. The molecule has 168 valence electrons. The van der Waals surface area contributed by atoms with Crippen LogP contribution in [0.1, 0.15) is 50.5 Å². The third-order valence-electron chi connectivity index (χ3n) is 6.87. The summed E-state index contributed by atoms with van der Waals surface area (Å²) in [6.45, 7) is 6.35. The lowest BCUT2D eigenvalue weighted by Crippen LogP contribution is -2.42. The van der Waals surface area contributed by atoms with E-state index in [2.05, 4.69) is 4.90 Å². The van der Waals surface area contributed by atoms with Gasteiger partial charge in [-0.25, -0.2) is 4.79 Å². The maximum atomic E-state index is 13.1. The molecule has 4 rings (SSSR count). The third kappa shape index (κ3) is 5.01. The van der Waals surface area contributed by atoms with Crippen LogP contribution in [0.3, 0.4) is 0 Å². The molecular formula is C25H33NO5. The molecule has 0 amide bonds. The van der Waals surface area contributed by atoms with Gasteiger partial charge in [0.05, 0.1) is 18.8 Å². The summed E-state index contributed by atoms with van der Waals surface area (Å²) >= 11 is 0. The number of carbonyl (C=O) groups is 2. The number of benzene rings is 1. The zero-order valence-corrected chi connectivity index (χ0v) is 18.3. The van der Waals surface area contributed by atoms with E-state index in [1.54, 1.807) is 0 Å². The minimum absolute atomic E-state index is 0.0858. The van der Waals surface area contributed by atoms with Gasteiger partial charge in [0.25, 0.3) is 0 Å². The summed E-state index contributed by atoms with van der Waals surface area (Å²) in [4.78, 5) is 28.5. The second-order valence-corrected chi connectivity index (χ2v) is 8.94. The Bertz CT molecular complexity index is 810. The minimum Gasteiger partial charge on any atom is -0.504 e. The highest BCUT2D eigenvalue weighted by molar-refractivity contribution is 6.09. The van der Waals surface area contributed by atoms with E-state index in [9.17, 15) is 14.7 Å². The van der Waals surface area contributed by atoms with Gasteiger partial charge in [-0.3, -0.25) is 9.69 Å². The van der Waals surface area contributed by atoms with E-state index in [1.807, 2.05) is 37.3 Å². The molecule has 3 unspecified atom stereocenters. The number of aliphatic hydroxyl groups excluding tert-OH is 1. The molecular weight excluding hydrogens is 394 g/mol. The van der Waals surface area contributed by atoms with E-state index in [-0.39, 0.29) is 29.1 Å². The van der Waals surface area contributed by atoms with Gasteiger partial charge < -0.3 is 14.6 Å². The SMILES string of the molecule is CCC(CCCN1CCOCC1)C1OC(=O)C(C(c2ccccc2)C2CC2)=C(O)C1=O. The molecule has 0 aromatic heterocycles. The quantitative estimate of drug-likeness (QED) is 0.607. The molecule has 1 aliphatic carbocycles. The lowest BCUT2D eigenvalue weighted by atomic mass is 9.81. The normalized spacial score (nSPS) is 24.7. The Morgan fingerprint density at radius 1 is 1.13 bits per heavy atom. The molecule has 1 aromatic carbocycles. The maximum Gasteiger partial charge on any atom is 0.339 e. The number of cyclic esters (lactones) is 1. The Kier molecular flexibility index (Phi) is 7.08. The van der Waals surface area contributed by atoms with E-state index >= 15 is 0 Å². The Hall–Kier alpha value is -2.18. The van der Waals surface area contributed by atoms with Crippen molar-refractivity contribution in [2.24, 2.45) is 11.8 Å². The molecule has 1 saturated heterocycles. The van der Waals surface area contributed by atoms with Crippen LogP contribution in [0.4, 0.5) is 0 Å². The first-order valence-corrected chi connectivity index (χ1v) is 11.6. The first kappa shape index (κ1) is 22.0. The third-order valence-corrected chi connectivity index (χ3v) is 6.87. The molecule has 6 nitrogen and oxygen atoms in total. The largest absolute Gasteiger partial charge is 0.504 e. The van der Waals surface area contributed by atoms with Gasteiger partial charge in [0.1, 0.15) is 0 Å². The monoisotopic (exact) mass is 427 g/mol. The molecule has 0 radical (unpaired) electrons. The molecule has 2 fully saturated rings. The number of rotatable bonds is 9. The van der Waals surface area contributed by atoms with Gasteiger partial charge >= 0.3 is 5.97 Å². The van der Waals surface area contributed by atoms with Crippen molar-refractivity contribution in [3.05, 3.63) is 47.2 Å². The molecule has 3 atom stereocenters. The van der Waals surface area contributed by atoms with Crippen molar-refractivity contribution >= 4 is 11.8 Å². The Morgan fingerprint density at radius 2 is 1.84 bits per heavy atom. The highest BCUT2D eigenvalue weighted by Gasteiger charge is 2.46. The van der Waals surface area contributed by atoms with E-state index in [4.69, 9.17) is 9.47 Å². The topological polar surface area (TPSA) is 76.1 Å². The average Bonchev–Trinajstić information content (AvgIpc) is 3.63. The molecule has 1 saturated carbocycles. The van der Waals surface area contributed by atoms with Crippen LogP contribution in [0.25, 0.3) is 0 Å². The van der Waals surface area contributed by atoms with Crippen LogP contribution in [0.15, 0.2) is 41.7 Å². The predicted molar refractivity (Wildman–Crippen MR) is 117 cm³/mol. The van der Waals surface area contributed by atoms with Crippen LogP contribution in [0, 0.1) is 11.8 Å². The number of ether oxygens (including phenoxy) is 2. The van der Waals surface area contributed by atoms with Crippen molar-refractivity contribution < 1.29 is 24.2 Å². The summed E-state index contributed by atoms with van der Waals surface area (Å²) in [6.07, 6.45) is 3.51. The number of esters is 1. The standard InChI is InChI=1S/C25H33NO5/c1-2-17(9-6-12-26-13-15-30-16-14-26)24-23(28)22(27)21(25(29)31-24)20(19-10-11-19)18-7-4-3-5-8-18/h3-5,7-8,17,19-20,24,27H,2,6,9-16H2,1H3. The van der Waals surface area contributed by atoms with Crippen LogP contribution < -0.4 is 0 Å². The molecule has 2 aliphatic heterocycles. The van der Waals surface area contributed by atoms with Crippen molar-refractivity contribution in [3.63, 3.8) is 0 Å². The summed E-state index contributed by atoms with van der Waals surface area (Å²) in [7, 11) is 0. The van der Waals surface area contributed by atoms with Crippen molar-refractivity contribution in [1.82, 2.24) is 4.90 Å². The Labute approximate surface area is 184 Å². The summed E-state index contributed by atoms with van der Waals surface area (Å²) < 4.78 is 11.1. The minimum atomic E-state index is -0.887. The number of hydrogen-bond donors (Lipinski definition) is 1. The second kappa shape index (κ2) is 9.96. The summed E-state index contributed by atoms with van der Waals surface area (Å²) in [5.41, 5.74) is 1.10. The summed E-state index contributed by atoms with van der Waals surface area (Å²) in [5, 5.41) is 10.9. The van der Waals surface area contributed by atoms with Gasteiger partial charge in [0.2, 0.25) is 5.78 Å². The van der Waals surface area contributed by atoms with Gasteiger partial charge in [0.15, 0.2) is 11.9 Å². The Morgan fingerprint density at radius 3 is 2.48 bits per heavy atom. The molecule has 3 aliphatic rings. The number of carbonyl (C=O) groups excluding carboxylic acids is 2. The summed E-state index contributed by atoms with van der Waals surface area (Å²) in [5.74, 6) is -1.44. The van der Waals surface area contributed by atoms with Gasteiger partial charge in [0, 0.05) is 24.9 Å². The fourth-order valence-electron chi connectivity index (χ4n) is 4.92. The van der Waals surface area contributed by atoms with E-state index < -0.39 is 17.9 Å². The fraction of sp³-hybridized carbons (Fsp3) is 0.600. The number of hydrogen-bond acceptors (Lipinski definition) is 6. The van der Waals surface area contributed by atoms with Crippen LogP contribution in [0.5, 0.6) is 0 Å². The van der Waals surface area contributed by atoms with Gasteiger partial charge in [-0.2, -0.15) is 0 Å². The number of ketones is 1. The summed E-state index contributed by atoms with van der Waals surface area (Å²) in [6, 6.07) is 9.66. The van der Waals surface area contributed by atoms with Crippen LogP contribution >= 0.6 is 0 Å². The molecule has 6 heteroatoms. The molecule has 1 aromatic rings. The van der Waals surface area contributed by atoms with Crippen molar-refractivity contribution in [3.8, 4) is 0 Å². The smallest absolute Gasteiger partial charge is 0.339 e. The highest BCUT2D eigenvalue weighted by atomic mass is 16.6. The average molecular weight is 428 g/mol. The van der Waals surface area contributed by atoms with Gasteiger partial charge in [-0.05, 0) is 50.1 Å². The number of Topliss-reactive ketones (excluding diaryl/α,β-unsaturated/α-hetero) is 1. The molecule has 0 bridgehead atoms. The van der Waals surface area contributed by atoms with Crippen molar-refractivity contribution in [1.29, 1.82) is 0 Å². The van der Waals surface area contributed by atoms with Crippen molar-refractivity contribution in [2.75, 3.05) is 32.8 Å². The van der Waals surface area contributed by atoms with Crippen LogP contribution in [-0.2, 0) is 19.1 Å². The lowest BCUT2D eigenvalue weighted by molar-refractivity contribution is -0.158. The first-order chi connectivity index (χ1) is 15.1. The molecule has 0 spiro atoms. The predicted octanol–water partition coefficient (Wildman–Crippen LogP) is 3.63. The fourth-order valence-corrected chi connectivity index (χ4v) is 4.92. The van der Waals surface area contributed by atoms with E-state index in [0.29, 0.717) is 0 Å². The lowest BCUT2D eigenvalue weighted by Gasteiger charge is -2.32. The highest BCUT2D eigenvalue weighted by Crippen LogP contribution is 2.48. The van der Waals surface area contributed by atoms with E-state index in [0.717, 1.165) is 70.5 Å². The number of morpholine rings is 1. The Balaban J connectivity index is 1.47. The molecule has 31 heavy (non-hydrogen) atoms.